The van der Waals surface area contributed by atoms with Gasteiger partial charge in [-0.3, -0.25) is 0 Å². The Morgan fingerprint density at radius 2 is 1.40 bits per heavy atom. The van der Waals surface area contributed by atoms with Gasteiger partial charge in [-0.15, -0.1) is 0 Å². The van der Waals surface area contributed by atoms with Crippen LogP contribution in [0.4, 0.5) is 0 Å². The van der Waals surface area contributed by atoms with Gasteiger partial charge in [0.05, 0.1) is 0 Å². The van der Waals surface area contributed by atoms with E-state index >= 15 is 0 Å². The Bertz CT molecular complexity index is 635. The van der Waals surface area contributed by atoms with Crippen LogP contribution >= 0.6 is 0 Å². The van der Waals surface area contributed by atoms with E-state index in [1.165, 1.54) is 15.3 Å². The second-order valence-electron chi connectivity index (χ2n) is 5.47. The Balaban J connectivity index is 1.48. The van der Waals surface area contributed by atoms with Crippen molar-refractivity contribution in [3.8, 4) is 0 Å². The summed E-state index contributed by atoms with van der Waals surface area (Å²) >= 11 is -0.433. The topological polar surface area (TPSA) is 0 Å². The van der Waals surface area contributed by atoms with Crippen LogP contribution < -0.4 is 0 Å². The molecular weight excluding hydrogens is 319 g/mol. The van der Waals surface area contributed by atoms with Crippen molar-refractivity contribution < 1.29 is 23.2 Å². The average Bonchev–Trinajstić information content (AvgIpc) is 3.09. The van der Waals surface area contributed by atoms with Gasteiger partial charge in [-0.25, -0.2) is 0 Å². The molecule has 0 spiro atoms. The molecule has 0 fully saturated rings. The van der Waals surface area contributed by atoms with Crippen LogP contribution in [-0.2, 0) is 23.2 Å². The maximum atomic E-state index is 2.45. The van der Waals surface area contributed by atoms with Gasteiger partial charge < -0.3 is 0 Å². The standard InChI is InChI=1S/C10H9.C9H7.Zr/c1-8-6-7-9-4-2-3-5-10(8)9;1-2-5-9-7-3-6-8(9)4-1;/h2-8H,1H2;1-7H;. The molecule has 96 valence electrons. The zero-order valence-electron chi connectivity index (χ0n) is 11.3. The van der Waals surface area contributed by atoms with E-state index in [2.05, 4.69) is 72.8 Å². The van der Waals surface area contributed by atoms with Crippen molar-refractivity contribution in [2.75, 3.05) is 0 Å². The molecule has 1 heteroatoms. The van der Waals surface area contributed by atoms with Gasteiger partial charge in [-0.1, -0.05) is 0 Å². The Morgan fingerprint density at radius 1 is 0.750 bits per heavy atom. The molecule has 0 nitrogen and oxygen atoms in total. The summed E-state index contributed by atoms with van der Waals surface area (Å²) < 4.78 is 2.18. The molecule has 2 aliphatic carbocycles. The first-order chi connectivity index (χ1) is 9.92. The van der Waals surface area contributed by atoms with Gasteiger partial charge in [-0.05, 0) is 0 Å². The first-order valence-corrected chi connectivity index (χ1v) is 10.4. The number of rotatable bonds is 3. The fourth-order valence-corrected chi connectivity index (χ4v) is 7.06. The molecule has 4 rings (SSSR count). The molecule has 0 heterocycles. The average molecular weight is 336 g/mol. The molecule has 0 bridgehead atoms. The molecule has 20 heavy (non-hydrogen) atoms. The van der Waals surface area contributed by atoms with Gasteiger partial charge in [-0.2, -0.15) is 0 Å². The summed E-state index contributed by atoms with van der Waals surface area (Å²) in [6.45, 7) is 0. The third kappa shape index (κ3) is 2.19. The zero-order valence-corrected chi connectivity index (χ0v) is 13.7. The molecular formula is C19H16Zr. The molecule has 0 saturated heterocycles. The van der Waals surface area contributed by atoms with Crippen LogP contribution in [0.15, 0.2) is 60.7 Å². The van der Waals surface area contributed by atoms with Gasteiger partial charge in [0.15, 0.2) is 0 Å². The van der Waals surface area contributed by atoms with Crippen molar-refractivity contribution in [2.45, 2.75) is 13.7 Å². The summed E-state index contributed by atoms with van der Waals surface area (Å²) in [6, 6.07) is 17.8. The van der Waals surface area contributed by atoms with Crippen molar-refractivity contribution in [1.29, 1.82) is 0 Å². The maximum absolute atomic E-state index is 2.45. The van der Waals surface area contributed by atoms with E-state index < -0.39 is 23.2 Å². The van der Waals surface area contributed by atoms with E-state index in [-0.39, 0.29) is 0 Å². The predicted molar refractivity (Wildman–Crippen MR) is 81.2 cm³/mol. The zero-order chi connectivity index (χ0) is 13.4. The van der Waals surface area contributed by atoms with E-state index in [1.54, 1.807) is 11.1 Å². The van der Waals surface area contributed by atoms with E-state index in [0.29, 0.717) is 5.92 Å². The summed E-state index contributed by atoms with van der Waals surface area (Å²) in [5, 5.41) is 0. The normalized spacial score (nSPS) is 21.8. The molecule has 0 amide bonds. The predicted octanol–water partition coefficient (Wildman–Crippen LogP) is 5.07. The van der Waals surface area contributed by atoms with Crippen molar-refractivity contribution in [1.82, 2.24) is 0 Å². The van der Waals surface area contributed by atoms with E-state index in [9.17, 15) is 0 Å². The number of benzene rings is 2. The van der Waals surface area contributed by atoms with Crippen LogP contribution in [0.5, 0.6) is 0 Å². The van der Waals surface area contributed by atoms with Crippen LogP contribution in [0.2, 0.25) is 4.13 Å². The van der Waals surface area contributed by atoms with Crippen molar-refractivity contribution >= 4 is 12.2 Å². The van der Waals surface area contributed by atoms with E-state index in [1.807, 2.05) is 0 Å². The molecule has 0 N–H and O–H groups in total. The Hall–Kier alpha value is -1.20. The first kappa shape index (κ1) is 12.5. The van der Waals surface area contributed by atoms with Crippen LogP contribution in [0, 0.1) is 0 Å². The Kier molecular flexibility index (Phi) is 3.32. The van der Waals surface area contributed by atoms with Crippen LogP contribution in [0.25, 0.3) is 12.2 Å². The Labute approximate surface area is 131 Å². The molecule has 0 saturated carbocycles. The second-order valence-corrected chi connectivity index (χ2v) is 9.00. The van der Waals surface area contributed by atoms with Gasteiger partial charge in [0.1, 0.15) is 0 Å². The van der Waals surface area contributed by atoms with Gasteiger partial charge in [0.25, 0.3) is 0 Å². The van der Waals surface area contributed by atoms with E-state index in [0.717, 1.165) is 3.63 Å². The molecule has 2 aliphatic rings. The third-order valence-corrected chi connectivity index (χ3v) is 8.24. The third-order valence-electron chi connectivity index (χ3n) is 4.26. The molecule has 0 aromatic heterocycles. The Morgan fingerprint density at radius 3 is 2.25 bits per heavy atom. The van der Waals surface area contributed by atoms with Crippen LogP contribution in [0.1, 0.15) is 31.8 Å². The summed E-state index contributed by atoms with van der Waals surface area (Å²) in [6.07, 6.45) is 9.48. The van der Waals surface area contributed by atoms with Gasteiger partial charge >= 0.3 is 132 Å². The summed E-state index contributed by atoms with van der Waals surface area (Å²) in [7, 11) is 0. The van der Waals surface area contributed by atoms with Crippen molar-refractivity contribution in [3.05, 3.63) is 82.9 Å². The first-order valence-electron chi connectivity index (χ1n) is 7.19. The van der Waals surface area contributed by atoms with Crippen molar-refractivity contribution in [2.24, 2.45) is 0 Å². The number of allylic oxidation sites excluding steroid dienone is 2. The summed E-state index contributed by atoms with van der Waals surface area (Å²) in [5.41, 5.74) is 6.00. The molecule has 0 aliphatic heterocycles. The quantitative estimate of drug-likeness (QED) is 0.735. The van der Waals surface area contributed by atoms with Crippen LogP contribution in [-0.4, -0.2) is 0 Å². The summed E-state index contributed by atoms with van der Waals surface area (Å²) in [5.74, 6) is 0.680. The number of hydrogen-bond donors (Lipinski definition) is 0. The molecule has 2 aromatic rings. The second kappa shape index (κ2) is 5.30. The molecule has 2 unspecified atom stereocenters. The molecule has 2 aromatic carbocycles. The molecule has 2 atom stereocenters. The number of fused-ring (bicyclic) bond motifs is 2. The van der Waals surface area contributed by atoms with Gasteiger partial charge in [0.2, 0.25) is 0 Å². The summed E-state index contributed by atoms with van der Waals surface area (Å²) in [4.78, 5) is 0. The monoisotopic (exact) mass is 334 g/mol. The SMILES string of the molecule is C1=CC([CH2][Zr][CH]2C=Cc3ccccc32)c2ccccc21. The molecule has 0 radical (unpaired) electrons. The van der Waals surface area contributed by atoms with E-state index in [4.69, 9.17) is 0 Å². The fourth-order valence-electron chi connectivity index (χ4n) is 3.18. The number of hydrogen-bond acceptors (Lipinski definition) is 0. The minimum absolute atomic E-state index is 0.433. The van der Waals surface area contributed by atoms with Gasteiger partial charge in [0, 0.05) is 0 Å². The fraction of sp³-hybridized carbons (Fsp3) is 0.158. The minimum atomic E-state index is -0.433. The van der Waals surface area contributed by atoms with Crippen LogP contribution in [0.3, 0.4) is 0 Å². The van der Waals surface area contributed by atoms with Crippen molar-refractivity contribution in [3.63, 3.8) is 0 Å².